The largest absolute Gasteiger partial charge is 0.336 e. The van der Waals surface area contributed by atoms with Crippen molar-refractivity contribution in [3.63, 3.8) is 0 Å². The Bertz CT molecular complexity index is 720. The van der Waals surface area contributed by atoms with Crippen molar-refractivity contribution in [3.05, 3.63) is 34.5 Å². The van der Waals surface area contributed by atoms with E-state index in [2.05, 4.69) is 21.1 Å². The van der Waals surface area contributed by atoms with Gasteiger partial charge in [0, 0.05) is 17.0 Å². The minimum Gasteiger partial charge on any atom is -0.336 e. The highest BCUT2D eigenvalue weighted by atomic mass is 35.5. The number of carbonyl (C=O) groups excluding carboxylic acids is 1. The van der Waals surface area contributed by atoms with Crippen LogP contribution in [0.2, 0.25) is 5.02 Å². The number of hydrogen-bond donors (Lipinski definition) is 2. The number of hydrogen-bond acceptors (Lipinski definition) is 3. The topological polar surface area (TPSA) is 72.4 Å². The highest BCUT2D eigenvalue weighted by molar-refractivity contribution is 6.35. The Hall–Kier alpha value is -2.01. The summed E-state index contributed by atoms with van der Waals surface area (Å²) in [6.45, 7) is 0.819. The predicted octanol–water partition coefficient (Wildman–Crippen LogP) is 2.65. The summed E-state index contributed by atoms with van der Waals surface area (Å²) >= 11 is 6.31. The molecule has 2 heterocycles. The van der Waals surface area contributed by atoms with Crippen LogP contribution >= 0.6 is 11.6 Å². The van der Waals surface area contributed by atoms with Gasteiger partial charge in [0.05, 0.1) is 5.52 Å². The molecule has 2 aromatic rings. The Balaban J connectivity index is 2.19. The maximum absolute atomic E-state index is 12.3. The fourth-order valence-electron chi connectivity index (χ4n) is 2.97. The first-order valence-electron chi connectivity index (χ1n) is 7.05. The molecule has 110 valence electrons. The second kappa shape index (κ2) is 5.77. The lowest BCUT2D eigenvalue weighted by Gasteiger charge is -2.16. The molecule has 0 saturated heterocycles. The van der Waals surface area contributed by atoms with Crippen LogP contribution in [0, 0.1) is 0 Å². The molecule has 1 aromatic heterocycles. The van der Waals surface area contributed by atoms with Crippen LogP contribution in [-0.2, 0) is 13.0 Å². The molecule has 0 bridgehead atoms. The zero-order chi connectivity index (χ0) is 14.8. The second-order valence-electron chi connectivity index (χ2n) is 5.21. The molecule has 0 atom stereocenters. The van der Waals surface area contributed by atoms with Crippen LogP contribution in [0.3, 0.4) is 0 Å². The molecule has 0 spiro atoms. The maximum Gasteiger partial charge on any atom is 0.273 e. The summed E-state index contributed by atoms with van der Waals surface area (Å²) < 4.78 is 2.06. The van der Waals surface area contributed by atoms with Crippen molar-refractivity contribution in [2.45, 2.75) is 32.2 Å². The van der Waals surface area contributed by atoms with E-state index in [1.165, 1.54) is 18.3 Å². The number of amides is 1. The molecule has 6 heteroatoms. The molecule has 1 aliphatic heterocycles. The molecule has 0 unspecified atom stereocenters. The summed E-state index contributed by atoms with van der Waals surface area (Å²) in [7, 11) is 0. The first-order valence-corrected chi connectivity index (χ1v) is 7.43. The molecule has 3 N–H and O–H groups in total. The van der Waals surface area contributed by atoms with Gasteiger partial charge in [0.2, 0.25) is 0 Å². The van der Waals surface area contributed by atoms with Gasteiger partial charge >= 0.3 is 0 Å². The number of nitrogens with one attached hydrogen (secondary N) is 1. The molecule has 1 aliphatic rings. The van der Waals surface area contributed by atoms with Gasteiger partial charge in [0.1, 0.15) is 12.0 Å². The third kappa shape index (κ3) is 2.49. The molecule has 0 aliphatic carbocycles. The van der Waals surface area contributed by atoms with E-state index in [-0.39, 0.29) is 5.91 Å². The highest BCUT2D eigenvalue weighted by Gasteiger charge is 2.20. The van der Waals surface area contributed by atoms with Crippen molar-refractivity contribution < 1.29 is 4.79 Å². The van der Waals surface area contributed by atoms with Gasteiger partial charge in [-0.15, -0.1) is 0 Å². The predicted molar refractivity (Wildman–Crippen MR) is 84.6 cm³/mol. The molecule has 0 saturated carbocycles. The van der Waals surface area contributed by atoms with Crippen molar-refractivity contribution in [2.24, 2.45) is 10.9 Å². The van der Waals surface area contributed by atoms with Gasteiger partial charge in [0.15, 0.2) is 0 Å². The Kier molecular flexibility index (Phi) is 3.84. The summed E-state index contributed by atoms with van der Waals surface area (Å²) in [5.74, 6) is 4.81. The van der Waals surface area contributed by atoms with Gasteiger partial charge in [-0.1, -0.05) is 24.1 Å². The molecule has 1 amide bonds. The Labute approximate surface area is 127 Å². The molecule has 5 nitrogen and oxygen atoms in total. The van der Waals surface area contributed by atoms with Crippen molar-refractivity contribution in [1.82, 2.24) is 9.88 Å². The van der Waals surface area contributed by atoms with Crippen LogP contribution < -0.4 is 11.2 Å². The number of benzene rings is 1. The van der Waals surface area contributed by atoms with Gasteiger partial charge in [-0.25, -0.2) is 0 Å². The van der Waals surface area contributed by atoms with Crippen LogP contribution in [-0.4, -0.2) is 16.8 Å². The summed E-state index contributed by atoms with van der Waals surface area (Å²) in [4.78, 5) is 12.3. The summed E-state index contributed by atoms with van der Waals surface area (Å²) in [6.07, 6.45) is 5.60. The van der Waals surface area contributed by atoms with E-state index < -0.39 is 0 Å². The SMILES string of the molecule is NN=CNC(=O)c1cc2c(Cl)ccc3c2n1CCCCC3. The van der Waals surface area contributed by atoms with Gasteiger partial charge < -0.3 is 15.7 Å². The first-order chi connectivity index (χ1) is 10.2. The van der Waals surface area contributed by atoms with Crippen molar-refractivity contribution in [1.29, 1.82) is 0 Å². The highest BCUT2D eigenvalue weighted by Crippen LogP contribution is 2.32. The number of aryl methyl sites for hydroxylation is 2. The Morgan fingerprint density at radius 2 is 2.24 bits per heavy atom. The molecular weight excluding hydrogens is 288 g/mol. The lowest BCUT2D eigenvalue weighted by atomic mass is 10.0. The number of nitrogens with two attached hydrogens (primary N) is 1. The average Bonchev–Trinajstić information content (AvgIpc) is 2.84. The van der Waals surface area contributed by atoms with Gasteiger partial charge in [-0.2, -0.15) is 5.10 Å². The van der Waals surface area contributed by atoms with Crippen LogP contribution in [0.25, 0.3) is 10.9 Å². The van der Waals surface area contributed by atoms with E-state index in [1.54, 1.807) is 0 Å². The lowest BCUT2D eigenvalue weighted by Crippen LogP contribution is -2.25. The van der Waals surface area contributed by atoms with E-state index in [0.717, 1.165) is 36.7 Å². The van der Waals surface area contributed by atoms with E-state index in [9.17, 15) is 4.79 Å². The fraction of sp³-hybridized carbons (Fsp3) is 0.333. The number of carbonyl (C=O) groups is 1. The van der Waals surface area contributed by atoms with Gasteiger partial charge in [0.25, 0.3) is 5.91 Å². The van der Waals surface area contributed by atoms with Crippen molar-refractivity contribution in [2.75, 3.05) is 0 Å². The van der Waals surface area contributed by atoms with E-state index in [0.29, 0.717) is 10.7 Å². The minimum absolute atomic E-state index is 0.219. The Morgan fingerprint density at radius 3 is 3.05 bits per heavy atom. The molecule has 0 radical (unpaired) electrons. The smallest absolute Gasteiger partial charge is 0.273 e. The van der Waals surface area contributed by atoms with E-state index >= 15 is 0 Å². The fourth-order valence-corrected chi connectivity index (χ4v) is 3.18. The Morgan fingerprint density at radius 1 is 1.38 bits per heavy atom. The molecule has 0 fully saturated rings. The van der Waals surface area contributed by atoms with Crippen LogP contribution in [0.15, 0.2) is 23.3 Å². The van der Waals surface area contributed by atoms with Crippen LogP contribution in [0.4, 0.5) is 0 Å². The van der Waals surface area contributed by atoms with Crippen molar-refractivity contribution >= 4 is 34.7 Å². The maximum atomic E-state index is 12.3. The summed E-state index contributed by atoms with van der Waals surface area (Å²) in [5, 5.41) is 7.48. The molecule has 21 heavy (non-hydrogen) atoms. The lowest BCUT2D eigenvalue weighted by molar-refractivity contribution is 0.0969. The second-order valence-corrected chi connectivity index (χ2v) is 5.62. The molecule has 1 aromatic carbocycles. The minimum atomic E-state index is -0.219. The number of nitrogens with zero attached hydrogens (tertiary/aromatic N) is 2. The number of halogens is 1. The third-order valence-electron chi connectivity index (χ3n) is 3.92. The molecule has 3 rings (SSSR count). The van der Waals surface area contributed by atoms with E-state index in [4.69, 9.17) is 17.4 Å². The van der Waals surface area contributed by atoms with Gasteiger partial charge in [-0.05, 0) is 37.0 Å². The summed E-state index contributed by atoms with van der Waals surface area (Å²) in [6, 6.07) is 5.83. The first kappa shape index (κ1) is 13.9. The van der Waals surface area contributed by atoms with Gasteiger partial charge in [-0.3, -0.25) is 4.79 Å². The third-order valence-corrected chi connectivity index (χ3v) is 4.25. The molecular formula is C15H17ClN4O. The normalized spacial score (nSPS) is 15.1. The van der Waals surface area contributed by atoms with Crippen LogP contribution in [0.5, 0.6) is 0 Å². The summed E-state index contributed by atoms with van der Waals surface area (Å²) in [5.41, 5.74) is 2.93. The monoisotopic (exact) mass is 304 g/mol. The average molecular weight is 305 g/mol. The zero-order valence-corrected chi connectivity index (χ0v) is 12.4. The number of rotatable bonds is 2. The quantitative estimate of drug-likeness (QED) is 0.387. The number of hydrazone groups is 1. The van der Waals surface area contributed by atoms with Crippen molar-refractivity contribution in [3.8, 4) is 0 Å². The van der Waals surface area contributed by atoms with E-state index in [1.807, 2.05) is 12.1 Å². The zero-order valence-electron chi connectivity index (χ0n) is 11.6. The number of aromatic nitrogens is 1. The van der Waals surface area contributed by atoms with Crippen LogP contribution in [0.1, 0.15) is 35.3 Å². The standard InChI is InChI=1S/C15H17ClN4O/c16-12-6-5-10-4-2-1-3-7-20-13(8-11(12)14(10)20)15(21)18-9-19-17/h5-6,8-9H,1-4,7,17H2,(H,18,19,21).